The second kappa shape index (κ2) is 8.27. The average molecular weight is 491 g/mol. The molecule has 1 unspecified atom stereocenters. The lowest BCUT2D eigenvalue weighted by Crippen LogP contribution is -2.29. The number of nitrogens with zero attached hydrogens (tertiary/aromatic N) is 2. The number of fused-ring (bicyclic) bond motifs is 1. The van der Waals surface area contributed by atoms with Crippen molar-refractivity contribution < 1.29 is 19.8 Å². The van der Waals surface area contributed by atoms with E-state index in [1.54, 1.807) is 36.4 Å². The number of phenols is 1. The van der Waals surface area contributed by atoms with Crippen LogP contribution in [0, 0.1) is 13.8 Å². The van der Waals surface area contributed by atoms with Gasteiger partial charge in [-0.15, -0.1) is 0 Å². The van der Waals surface area contributed by atoms with Crippen molar-refractivity contribution >= 4 is 55.7 Å². The van der Waals surface area contributed by atoms with Crippen LogP contribution in [-0.4, -0.2) is 26.9 Å². The number of aromatic hydroxyl groups is 1. The van der Waals surface area contributed by atoms with Crippen LogP contribution in [0.15, 0.2) is 66.2 Å². The quantitative estimate of drug-likeness (QED) is 0.212. The highest BCUT2D eigenvalue weighted by Gasteiger charge is 2.48. The molecule has 1 atom stereocenters. The second-order valence-corrected chi connectivity index (χ2v) is 9.64. The first kappa shape index (κ1) is 22.1. The molecule has 5 rings (SSSR count). The van der Waals surface area contributed by atoms with Crippen molar-refractivity contribution in [2.75, 3.05) is 4.90 Å². The Kier molecular flexibility index (Phi) is 5.38. The predicted molar refractivity (Wildman–Crippen MR) is 133 cm³/mol. The maximum absolute atomic E-state index is 13.3. The molecule has 6 nitrogen and oxygen atoms in total. The number of halogens is 1. The van der Waals surface area contributed by atoms with Gasteiger partial charge in [-0.3, -0.25) is 14.5 Å². The molecule has 34 heavy (non-hydrogen) atoms. The summed E-state index contributed by atoms with van der Waals surface area (Å²) >= 11 is 7.29. The summed E-state index contributed by atoms with van der Waals surface area (Å²) in [6.45, 7) is 3.94. The summed E-state index contributed by atoms with van der Waals surface area (Å²) in [6, 6.07) is 15.6. The highest BCUT2D eigenvalue weighted by Crippen LogP contribution is 2.45. The average Bonchev–Trinajstić information content (AvgIpc) is 3.33. The van der Waals surface area contributed by atoms with Gasteiger partial charge in [-0.2, -0.15) is 0 Å². The lowest BCUT2D eigenvalue weighted by molar-refractivity contribution is -0.132. The monoisotopic (exact) mass is 490 g/mol. The molecule has 0 radical (unpaired) electrons. The number of phenolic OH excluding ortho intramolecular Hbond substituents is 1. The SMILES string of the molecule is Cc1cc(C)c2nc(N3C(=O)C(=O)C(=C(O)c4ccc(Cl)cc4)C3c3ccc(O)cc3)sc2c1. The summed E-state index contributed by atoms with van der Waals surface area (Å²) in [5, 5.41) is 21.8. The Morgan fingerprint density at radius 1 is 1.03 bits per heavy atom. The van der Waals surface area contributed by atoms with Gasteiger partial charge in [0.2, 0.25) is 0 Å². The molecule has 0 spiro atoms. The van der Waals surface area contributed by atoms with E-state index in [1.165, 1.54) is 28.4 Å². The zero-order chi connectivity index (χ0) is 24.1. The molecule has 1 aromatic heterocycles. The molecule has 1 saturated heterocycles. The maximum atomic E-state index is 13.3. The fourth-order valence-electron chi connectivity index (χ4n) is 4.23. The Morgan fingerprint density at radius 2 is 1.71 bits per heavy atom. The molecule has 2 heterocycles. The summed E-state index contributed by atoms with van der Waals surface area (Å²) in [4.78, 5) is 32.6. The number of carbonyl (C=O) groups is 2. The van der Waals surface area contributed by atoms with E-state index in [2.05, 4.69) is 0 Å². The number of carbonyl (C=O) groups excluding carboxylic acids is 2. The van der Waals surface area contributed by atoms with Gasteiger partial charge in [-0.25, -0.2) is 4.98 Å². The van der Waals surface area contributed by atoms with Crippen LogP contribution in [0.3, 0.4) is 0 Å². The van der Waals surface area contributed by atoms with Gasteiger partial charge < -0.3 is 10.2 Å². The number of hydrogen-bond donors (Lipinski definition) is 2. The molecule has 8 heteroatoms. The highest BCUT2D eigenvalue weighted by molar-refractivity contribution is 7.22. The molecule has 0 saturated carbocycles. The molecule has 1 fully saturated rings. The Bertz CT molecular complexity index is 1490. The minimum Gasteiger partial charge on any atom is -0.508 e. The number of aromatic nitrogens is 1. The van der Waals surface area contributed by atoms with Crippen LogP contribution in [0.5, 0.6) is 5.75 Å². The fourth-order valence-corrected chi connectivity index (χ4v) is 5.52. The number of benzene rings is 3. The number of aliphatic hydroxyl groups excluding tert-OH is 1. The second-order valence-electron chi connectivity index (χ2n) is 8.19. The lowest BCUT2D eigenvalue weighted by atomic mass is 9.95. The van der Waals surface area contributed by atoms with Gasteiger partial charge in [0.1, 0.15) is 11.5 Å². The minimum absolute atomic E-state index is 0.0458. The van der Waals surface area contributed by atoms with Crippen molar-refractivity contribution in [1.29, 1.82) is 0 Å². The smallest absolute Gasteiger partial charge is 0.301 e. The molecule has 1 aliphatic heterocycles. The van der Waals surface area contributed by atoms with Crippen molar-refractivity contribution in [3.8, 4) is 5.75 Å². The van der Waals surface area contributed by atoms with E-state index in [0.717, 1.165) is 21.3 Å². The van der Waals surface area contributed by atoms with Crippen LogP contribution in [0.25, 0.3) is 16.0 Å². The number of thiazole rings is 1. The van der Waals surface area contributed by atoms with Crippen molar-refractivity contribution in [3.63, 3.8) is 0 Å². The van der Waals surface area contributed by atoms with E-state index >= 15 is 0 Å². The molecular formula is C26H19ClN2O4S. The normalized spacial score (nSPS) is 17.6. The van der Waals surface area contributed by atoms with Crippen LogP contribution >= 0.6 is 22.9 Å². The molecule has 0 bridgehead atoms. The maximum Gasteiger partial charge on any atom is 0.301 e. The lowest BCUT2D eigenvalue weighted by Gasteiger charge is -2.23. The van der Waals surface area contributed by atoms with Gasteiger partial charge in [-0.1, -0.05) is 41.1 Å². The van der Waals surface area contributed by atoms with E-state index in [1.807, 2.05) is 26.0 Å². The van der Waals surface area contributed by atoms with E-state index in [4.69, 9.17) is 16.6 Å². The van der Waals surface area contributed by atoms with Crippen LogP contribution in [0.1, 0.15) is 28.3 Å². The molecule has 1 aliphatic rings. The fraction of sp³-hybridized carbons (Fsp3) is 0.115. The molecule has 170 valence electrons. The topological polar surface area (TPSA) is 90.7 Å². The number of anilines is 1. The van der Waals surface area contributed by atoms with Crippen molar-refractivity contribution in [1.82, 2.24) is 4.98 Å². The third-order valence-corrected chi connectivity index (χ3v) is 7.05. The largest absolute Gasteiger partial charge is 0.508 e. The summed E-state index contributed by atoms with van der Waals surface area (Å²) in [6.07, 6.45) is 0. The van der Waals surface area contributed by atoms with Crippen molar-refractivity contribution in [3.05, 3.63) is 93.5 Å². The van der Waals surface area contributed by atoms with Crippen molar-refractivity contribution in [2.45, 2.75) is 19.9 Å². The molecule has 1 amide bonds. The standard InChI is InChI=1S/C26H19ClN2O4S/c1-13-11-14(2)21-19(12-13)34-26(28-21)29-22(15-5-9-18(30)10-6-15)20(24(32)25(29)33)23(31)16-3-7-17(27)8-4-16/h3-12,22,30-31H,1-2H3. The Balaban J connectivity index is 1.74. The van der Waals surface area contributed by atoms with Gasteiger partial charge in [0.25, 0.3) is 5.78 Å². The van der Waals surface area contributed by atoms with Crippen LogP contribution < -0.4 is 4.90 Å². The Morgan fingerprint density at radius 3 is 2.38 bits per heavy atom. The number of aryl methyl sites for hydroxylation is 2. The zero-order valence-corrected chi connectivity index (χ0v) is 19.8. The Hall–Kier alpha value is -3.68. The summed E-state index contributed by atoms with van der Waals surface area (Å²) in [5.74, 6) is -1.84. The van der Waals surface area contributed by atoms with Gasteiger partial charge >= 0.3 is 5.91 Å². The van der Waals surface area contributed by atoms with Gasteiger partial charge in [0.15, 0.2) is 5.13 Å². The molecular weight excluding hydrogens is 472 g/mol. The molecule has 4 aromatic rings. The first-order chi connectivity index (χ1) is 16.2. The van der Waals surface area contributed by atoms with E-state index < -0.39 is 17.7 Å². The minimum atomic E-state index is -0.918. The number of ketones is 1. The first-order valence-corrected chi connectivity index (χ1v) is 11.7. The molecule has 0 aliphatic carbocycles. The number of hydrogen-bond acceptors (Lipinski definition) is 6. The number of Topliss-reactive ketones (excluding diaryl/α,β-unsaturated/α-hetero) is 1. The number of amides is 1. The van der Waals surface area contributed by atoms with Gasteiger partial charge in [0, 0.05) is 10.6 Å². The first-order valence-electron chi connectivity index (χ1n) is 10.5. The van der Waals surface area contributed by atoms with Crippen LogP contribution in [0.4, 0.5) is 5.13 Å². The highest BCUT2D eigenvalue weighted by atomic mass is 35.5. The Labute approximate surface area is 204 Å². The molecule has 2 N–H and O–H groups in total. The summed E-state index contributed by atoms with van der Waals surface area (Å²) in [7, 11) is 0. The summed E-state index contributed by atoms with van der Waals surface area (Å²) in [5.41, 5.74) is 3.66. The van der Waals surface area contributed by atoms with E-state index in [-0.39, 0.29) is 17.1 Å². The van der Waals surface area contributed by atoms with Crippen molar-refractivity contribution in [2.24, 2.45) is 0 Å². The molecule has 3 aromatic carbocycles. The van der Waals surface area contributed by atoms with E-state index in [9.17, 15) is 19.8 Å². The number of aliphatic hydroxyl groups is 1. The predicted octanol–water partition coefficient (Wildman–Crippen LogP) is 5.90. The zero-order valence-electron chi connectivity index (χ0n) is 18.2. The van der Waals surface area contributed by atoms with Gasteiger partial charge in [-0.05, 0) is 73.0 Å². The third-order valence-electron chi connectivity index (χ3n) is 5.80. The summed E-state index contributed by atoms with van der Waals surface area (Å²) < 4.78 is 0.900. The van der Waals surface area contributed by atoms with Gasteiger partial charge in [0.05, 0.1) is 21.8 Å². The van der Waals surface area contributed by atoms with Crippen LogP contribution in [0.2, 0.25) is 5.02 Å². The number of rotatable bonds is 3. The van der Waals surface area contributed by atoms with E-state index in [0.29, 0.717) is 21.3 Å². The van der Waals surface area contributed by atoms with Crippen LogP contribution in [-0.2, 0) is 9.59 Å². The third kappa shape index (κ3) is 3.63.